The van der Waals surface area contributed by atoms with Crippen LogP contribution in [0.1, 0.15) is 17.3 Å². The molecule has 144 valence electrons. The third-order valence-electron chi connectivity index (χ3n) is 3.87. The first-order valence-electron chi connectivity index (χ1n) is 8.06. The predicted molar refractivity (Wildman–Crippen MR) is 103 cm³/mol. The minimum absolute atomic E-state index is 0.107. The van der Waals surface area contributed by atoms with Crippen LogP contribution in [-0.2, 0) is 9.53 Å². The average molecular weight is 401 g/mol. The summed E-state index contributed by atoms with van der Waals surface area (Å²) < 4.78 is 11.1. The number of hydrogen-bond acceptors (Lipinski definition) is 8. The maximum atomic E-state index is 12.4. The molecular weight excluding hydrogens is 386 g/mol. The molecule has 0 aliphatic heterocycles. The molecule has 1 heterocycles. The molecule has 10 heteroatoms. The smallest absolute Gasteiger partial charge is 0.338 e. The number of hydrogen-bond donors (Lipinski definition) is 1. The summed E-state index contributed by atoms with van der Waals surface area (Å²) in [6.45, 7) is 1.41. The van der Waals surface area contributed by atoms with Gasteiger partial charge in [-0.05, 0) is 31.2 Å². The zero-order valence-electron chi connectivity index (χ0n) is 14.9. The standard InChI is InChI=1S/C18H15N3O6S/c1-10(27-18(23)11-3-5-13-16(7-11)28-9-19-13)17(22)20-14-8-12(21(24)25)4-6-15(14)26-2/h3-10H,1-2H3,(H,20,22)/t10-/m0/s1. The lowest BCUT2D eigenvalue weighted by Gasteiger charge is -2.15. The number of nitrogens with zero attached hydrogens (tertiary/aromatic N) is 2. The van der Waals surface area contributed by atoms with Crippen molar-refractivity contribution in [3.05, 3.63) is 57.6 Å². The Hall–Kier alpha value is -3.53. The number of methoxy groups -OCH3 is 1. The number of ether oxygens (including phenoxy) is 2. The number of thiazole rings is 1. The van der Waals surface area contributed by atoms with E-state index in [2.05, 4.69) is 10.3 Å². The zero-order valence-corrected chi connectivity index (χ0v) is 15.7. The molecule has 2 aromatic carbocycles. The van der Waals surface area contributed by atoms with Crippen LogP contribution in [0.25, 0.3) is 10.2 Å². The fourth-order valence-electron chi connectivity index (χ4n) is 2.41. The molecule has 28 heavy (non-hydrogen) atoms. The van der Waals surface area contributed by atoms with Crippen molar-refractivity contribution in [3.8, 4) is 5.75 Å². The molecule has 1 amide bonds. The van der Waals surface area contributed by atoms with Crippen molar-refractivity contribution in [2.45, 2.75) is 13.0 Å². The average Bonchev–Trinajstić information content (AvgIpc) is 3.15. The van der Waals surface area contributed by atoms with Gasteiger partial charge in [0.25, 0.3) is 11.6 Å². The molecule has 9 nitrogen and oxygen atoms in total. The molecule has 0 saturated heterocycles. The highest BCUT2D eigenvalue weighted by Gasteiger charge is 2.22. The first kappa shape index (κ1) is 19.2. The molecule has 0 saturated carbocycles. The van der Waals surface area contributed by atoms with Gasteiger partial charge in [-0.3, -0.25) is 14.9 Å². The topological polar surface area (TPSA) is 121 Å². The van der Waals surface area contributed by atoms with Crippen molar-refractivity contribution in [1.29, 1.82) is 0 Å². The molecule has 1 atom stereocenters. The molecule has 0 aliphatic carbocycles. The van der Waals surface area contributed by atoms with Crippen LogP contribution < -0.4 is 10.1 Å². The number of amides is 1. The largest absolute Gasteiger partial charge is 0.495 e. The Morgan fingerprint density at radius 3 is 2.75 bits per heavy atom. The molecular formula is C18H15N3O6S. The Kier molecular flexibility index (Phi) is 5.50. The number of anilines is 1. The predicted octanol–water partition coefficient (Wildman–Crippen LogP) is 3.40. The summed E-state index contributed by atoms with van der Waals surface area (Å²) in [7, 11) is 1.37. The third-order valence-corrected chi connectivity index (χ3v) is 4.66. The SMILES string of the molecule is COc1ccc([N+](=O)[O-])cc1NC(=O)[C@H](C)OC(=O)c1ccc2ncsc2c1. The first-order valence-corrected chi connectivity index (χ1v) is 8.94. The number of esters is 1. The monoisotopic (exact) mass is 401 g/mol. The van der Waals surface area contributed by atoms with E-state index in [0.29, 0.717) is 5.56 Å². The summed E-state index contributed by atoms with van der Waals surface area (Å²) in [4.78, 5) is 39.2. The van der Waals surface area contributed by atoms with Crippen LogP contribution in [0, 0.1) is 10.1 Å². The van der Waals surface area contributed by atoms with E-state index >= 15 is 0 Å². The Morgan fingerprint density at radius 2 is 2.04 bits per heavy atom. The van der Waals surface area contributed by atoms with Crippen molar-refractivity contribution in [2.75, 3.05) is 12.4 Å². The van der Waals surface area contributed by atoms with Crippen LogP contribution in [0.5, 0.6) is 5.75 Å². The lowest BCUT2D eigenvalue weighted by atomic mass is 10.2. The minimum Gasteiger partial charge on any atom is -0.495 e. The molecule has 3 aromatic rings. The second-order valence-corrected chi connectivity index (χ2v) is 6.60. The highest BCUT2D eigenvalue weighted by atomic mass is 32.1. The number of non-ortho nitro benzene ring substituents is 1. The zero-order chi connectivity index (χ0) is 20.3. The Bertz CT molecular complexity index is 1060. The number of nitro groups is 1. The number of nitrogens with one attached hydrogen (secondary N) is 1. The van der Waals surface area contributed by atoms with Crippen molar-refractivity contribution in [3.63, 3.8) is 0 Å². The molecule has 0 fully saturated rings. The van der Waals surface area contributed by atoms with Crippen molar-refractivity contribution < 1.29 is 24.0 Å². The van der Waals surface area contributed by atoms with E-state index in [1.54, 1.807) is 23.7 Å². The van der Waals surface area contributed by atoms with Crippen LogP contribution in [0.2, 0.25) is 0 Å². The van der Waals surface area contributed by atoms with E-state index in [9.17, 15) is 19.7 Å². The van der Waals surface area contributed by atoms with E-state index in [1.165, 1.54) is 43.6 Å². The summed E-state index contributed by atoms with van der Waals surface area (Å²) >= 11 is 1.39. The summed E-state index contributed by atoms with van der Waals surface area (Å²) in [5, 5.41) is 13.4. The number of nitro benzene ring substituents is 1. The van der Waals surface area contributed by atoms with Gasteiger partial charge in [0.2, 0.25) is 0 Å². The number of carbonyl (C=O) groups is 2. The summed E-state index contributed by atoms with van der Waals surface area (Å²) in [6.07, 6.45) is -1.13. The molecule has 1 aromatic heterocycles. The third kappa shape index (κ3) is 4.07. The number of rotatable bonds is 6. The van der Waals surface area contributed by atoms with Gasteiger partial charge in [0, 0.05) is 12.1 Å². The fraction of sp³-hybridized carbons (Fsp3) is 0.167. The number of aromatic nitrogens is 1. The van der Waals surface area contributed by atoms with E-state index in [1.807, 2.05) is 0 Å². The second kappa shape index (κ2) is 8.01. The lowest BCUT2D eigenvalue weighted by Crippen LogP contribution is -2.30. The molecule has 0 unspecified atom stereocenters. The molecule has 0 aliphatic rings. The van der Waals surface area contributed by atoms with Crippen LogP contribution >= 0.6 is 11.3 Å². The molecule has 0 radical (unpaired) electrons. The van der Waals surface area contributed by atoms with E-state index in [0.717, 1.165) is 10.2 Å². The first-order chi connectivity index (χ1) is 13.4. The van der Waals surface area contributed by atoms with Crippen LogP contribution in [-0.4, -0.2) is 35.0 Å². The van der Waals surface area contributed by atoms with E-state index < -0.39 is 22.9 Å². The van der Waals surface area contributed by atoms with Gasteiger partial charge >= 0.3 is 5.97 Å². The Balaban J connectivity index is 1.71. The summed E-state index contributed by atoms with van der Waals surface area (Å²) in [6, 6.07) is 8.70. The molecule has 1 N–H and O–H groups in total. The van der Waals surface area contributed by atoms with Gasteiger partial charge in [-0.1, -0.05) is 0 Å². The molecule has 0 spiro atoms. The number of fused-ring (bicyclic) bond motifs is 1. The summed E-state index contributed by atoms with van der Waals surface area (Å²) in [5.41, 5.74) is 2.63. The lowest BCUT2D eigenvalue weighted by molar-refractivity contribution is -0.384. The van der Waals surface area contributed by atoms with Crippen molar-refractivity contribution >= 4 is 44.8 Å². The van der Waals surface area contributed by atoms with Crippen LogP contribution in [0.4, 0.5) is 11.4 Å². The van der Waals surface area contributed by atoms with Crippen LogP contribution in [0.3, 0.4) is 0 Å². The normalized spacial score (nSPS) is 11.6. The van der Waals surface area contributed by atoms with Gasteiger partial charge in [-0.2, -0.15) is 0 Å². The molecule has 3 rings (SSSR count). The minimum atomic E-state index is -1.13. The van der Waals surface area contributed by atoms with Crippen molar-refractivity contribution in [2.24, 2.45) is 0 Å². The van der Waals surface area contributed by atoms with Gasteiger partial charge in [0.15, 0.2) is 6.10 Å². The number of benzene rings is 2. The number of carbonyl (C=O) groups excluding carboxylic acids is 2. The highest BCUT2D eigenvalue weighted by Crippen LogP contribution is 2.29. The second-order valence-electron chi connectivity index (χ2n) is 5.71. The Morgan fingerprint density at radius 1 is 1.25 bits per heavy atom. The van der Waals surface area contributed by atoms with Crippen LogP contribution in [0.15, 0.2) is 41.9 Å². The van der Waals surface area contributed by atoms with Gasteiger partial charge < -0.3 is 14.8 Å². The highest BCUT2D eigenvalue weighted by molar-refractivity contribution is 7.16. The van der Waals surface area contributed by atoms with Gasteiger partial charge in [-0.15, -0.1) is 11.3 Å². The van der Waals surface area contributed by atoms with Crippen molar-refractivity contribution in [1.82, 2.24) is 4.98 Å². The van der Waals surface area contributed by atoms with Gasteiger partial charge in [-0.25, -0.2) is 9.78 Å². The van der Waals surface area contributed by atoms with E-state index in [-0.39, 0.29) is 17.1 Å². The van der Waals surface area contributed by atoms with Gasteiger partial charge in [0.05, 0.1) is 39.0 Å². The summed E-state index contributed by atoms with van der Waals surface area (Å²) in [5.74, 6) is -1.07. The molecule has 0 bridgehead atoms. The maximum Gasteiger partial charge on any atom is 0.338 e. The Labute approximate surface area is 163 Å². The van der Waals surface area contributed by atoms with E-state index in [4.69, 9.17) is 9.47 Å². The van der Waals surface area contributed by atoms with Gasteiger partial charge in [0.1, 0.15) is 5.75 Å². The maximum absolute atomic E-state index is 12.4. The quantitative estimate of drug-likeness (QED) is 0.382. The fourth-order valence-corrected chi connectivity index (χ4v) is 3.12.